The van der Waals surface area contributed by atoms with Gasteiger partial charge in [0.25, 0.3) is 0 Å². The van der Waals surface area contributed by atoms with Gasteiger partial charge in [-0.1, -0.05) is 20.3 Å². The third-order valence-corrected chi connectivity index (χ3v) is 4.31. The standard InChI is InChI=1S/C15H30N2O/c1-3-13(10-11-16)6-9-15(18)17-14-7-4-12(2)5-8-14/h12-14H,3-11,16H2,1-2H3,(H,17,18). The van der Waals surface area contributed by atoms with Crippen molar-refractivity contribution in [1.82, 2.24) is 5.32 Å². The van der Waals surface area contributed by atoms with Gasteiger partial charge < -0.3 is 11.1 Å². The molecule has 1 atom stereocenters. The lowest BCUT2D eigenvalue weighted by Crippen LogP contribution is -2.37. The fraction of sp³-hybridized carbons (Fsp3) is 0.933. The van der Waals surface area contributed by atoms with Crippen LogP contribution in [0.5, 0.6) is 0 Å². The Hall–Kier alpha value is -0.570. The van der Waals surface area contributed by atoms with Crippen LogP contribution in [0.2, 0.25) is 0 Å². The minimum absolute atomic E-state index is 0.241. The molecule has 0 aromatic carbocycles. The van der Waals surface area contributed by atoms with E-state index in [4.69, 9.17) is 5.73 Å². The average Bonchev–Trinajstić information content (AvgIpc) is 2.37. The number of hydrogen-bond acceptors (Lipinski definition) is 2. The third kappa shape index (κ3) is 5.85. The van der Waals surface area contributed by atoms with Gasteiger partial charge in [0, 0.05) is 12.5 Å². The number of nitrogens with two attached hydrogens (primary N) is 1. The zero-order valence-electron chi connectivity index (χ0n) is 12.1. The lowest BCUT2D eigenvalue weighted by Gasteiger charge is -2.27. The van der Waals surface area contributed by atoms with Crippen molar-refractivity contribution in [3.63, 3.8) is 0 Å². The number of amides is 1. The van der Waals surface area contributed by atoms with Crippen LogP contribution < -0.4 is 11.1 Å². The first kappa shape index (κ1) is 15.5. The van der Waals surface area contributed by atoms with Crippen LogP contribution in [0.4, 0.5) is 0 Å². The minimum atomic E-state index is 0.241. The predicted octanol–water partition coefficient (Wildman–Crippen LogP) is 2.84. The summed E-state index contributed by atoms with van der Waals surface area (Å²) in [7, 11) is 0. The van der Waals surface area contributed by atoms with Gasteiger partial charge in [0.1, 0.15) is 0 Å². The van der Waals surface area contributed by atoms with E-state index in [1.54, 1.807) is 0 Å². The van der Waals surface area contributed by atoms with E-state index >= 15 is 0 Å². The van der Waals surface area contributed by atoms with Gasteiger partial charge in [-0.2, -0.15) is 0 Å². The van der Waals surface area contributed by atoms with Crippen LogP contribution in [0.1, 0.15) is 65.2 Å². The van der Waals surface area contributed by atoms with Crippen LogP contribution in [0.3, 0.4) is 0 Å². The molecule has 3 heteroatoms. The molecule has 0 heterocycles. The molecule has 0 radical (unpaired) electrons. The first-order valence-corrected chi connectivity index (χ1v) is 7.65. The number of hydrogen-bond donors (Lipinski definition) is 2. The van der Waals surface area contributed by atoms with Crippen molar-refractivity contribution in [3.05, 3.63) is 0 Å². The highest BCUT2D eigenvalue weighted by atomic mass is 16.1. The van der Waals surface area contributed by atoms with E-state index in [1.807, 2.05) is 0 Å². The summed E-state index contributed by atoms with van der Waals surface area (Å²) in [6.45, 7) is 5.22. The Morgan fingerprint density at radius 2 is 1.94 bits per heavy atom. The van der Waals surface area contributed by atoms with Gasteiger partial charge in [-0.3, -0.25) is 4.79 Å². The summed E-state index contributed by atoms with van der Waals surface area (Å²) < 4.78 is 0. The maximum Gasteiger partial charge on any atom is 0.220 e. The van der Waals surface area contributed by atoms with Gasteiger partial charge >= 0.3 is 0 Å². The monoisotopic (exact) mass is 254 g/mol. The van der Waals surface area contributed by atoms with Crippen LogP contribution in [0, 0.1) is 11.8 Å². The highest BCUT2D eigenvalue weighted by Gasteiger charge is 2.19. The van der Waals surface area contributed by atoms with Gasteiger partial charge in [-0.05, 0) is 56.9 Å². The molecule has 0 bridgehead atoms. The fourth-order valence-corrected chi connectivity index (χ4v) is 2.83. The summed E-state index contributed by atoms with van der Waals surface area (Å²) in [6.07, 6.45) is 8.68. The summed E-state index contributed by atoms with van der Waals surface area (Å²) in [4.78, 5) is 11.9. The van der Waals surface area contributed by atoms with Crippen molar-refractivity contribution < 1.29 is 4.79 Å². The van der Waals surface area contributed by atoms with Crippen molar-refractivity contribution in [3.8, 4) is 0 Å². The van der Waals surface area contributed by atoms with Gasteiger partial charge in [-0.15, -0.1) is 0 Å². The molecule has 0 aliphatic heterocycles. The minimum Gasteiger partial charge on any atom is -0.353 e. The normalized spacial score (nSPS) is 25.7. The van der Waals surface area contributed by atoms with Crippen LogP contribution in [-0.4, -0.2) is 18.5 Å². The number of carbonyl (C=O) groups excluding carboxylic acids is 1. The van der Waals surface area contributed by atoms with Crippen molar-refractivity contribution in [1.29, 1.82) is 0 Å². The molecule has 1 rings (SSSR count). The summed E-state index contributed by atoms with van der Waals surface area (Å²) >= 11 is 0. The summed E-state index contributed by atoms with van der Waals surface area (Å²) in [5.74, 6) is 1.70. The Bertz CT molecular complexity index is 235. The molecule has 106 valence electrons. The molecule has 0 spiro atoms. The number of nitrogens with one attached hydrogen (secondary N) is 1. The Morgan fingerprint density at radius 1 is 1.28 bits per heavy atom. The maximum absolute atomic E-state index is 11.9. The van der Waals surface area contributed by atoms with Crippen LogP contribution >= 0.6 is 0 Å². The van der Waals surface area contributed by atoms with Crippen molar-refractivity contribution in [2.75, 3.05) is 6.54 Å². The SMILES string of the molecule is CCC(CCN)CCC(=O)NC1CCC(C)CC1. The smallest absolute Gasteiger partial charge is 0.220 e. The van der Waals surface area contributed by atoms with Gasteiger partial charge in [0.15, 0.2) is 0 Å². The second kappa shape index (κ2) is 8.52. The first-order chi connectivity index (χ1) is 8.65. The molecule has 1 aliphatic carbocycles. The molecule has 0 saturated heterocycles. The summed E-state index contributed by atoms with van der Waals surface area (Å²) in [6, 6.07) is 0.434. The van der Waals surface area contributed by atoms with E-state index in [0.29, 0.717) is 18.4 Å². The third-order valence-electron chi connectivity index (χ3n) is 4.31. The largest absolute Gasteiger partial charge is 0.353 e. The van der Waals surface area contributed by atoms with Crippen molar-refractivity contribution in [2.45, 2.75) is 71.3 Å². The molecule has 1 saturated carbocycles. The van der Waals surface area contributed by atoms with Crippen LogP contribution in [0.15, 0.2) is 0 Å². The summed E-state index contributed by atoms with van der Waals surface area (Å²) in [5.41, 5.74) is 5.57. The molecule has 1 amide bonds. The lowest BCUT2D eigenvalue weighted by atomic mass is 9.87. The molecule has 1 unspecified atom stereocenters. The maximum atomic E-state index is 11.9. The zero-order chi connectivity index (χ0) is 13.4. The Kier molecular flexibility index (Phi) is 7.33. The van der Waals surface area contributed by atoms with E-state index in [9.17, 15) is 4.79 Å². The van der Waals surface area contributed by atoms with E-state index < -0.39 is 0 Å². The van der Waals surface area contributed by atoms with E-state index in [0.717, 1.165) is 44.6 Å². The molecule has 18 heavy (non-hydrogen) atoms. The van der Waals surface area contributed by atoms with Gasteiger partial charge in [-0.25, -0.2) is 0 Å². The Balaban J connectivity index is 2.16. The molecule has 3 N–H and O–H groups in total. The molecular weight excluding hydrogens is 224 g/mol. The molecule has 1 aliphatic rings. The topological polar surface area (TPSA) is 55.1 Å². The van der Waals surface area contributed by atoms with Gasteiger partial charge in [0.05, 0.1) is 0 Å². The van der Waals surface area contributed by atoms with Crippen molar-refractivity contribution >= 4 is 5.91 Å². The highest BCUT2D eigenvalue weighted by Crippen LogP contribution is 2.23. The zero-order valence-corrected chi connectivity index (χ0v) is 12.1. The van der Waals surface area contributed by atoms with E-state index in [2.05, 4.69) is 19.2 Å². The average molecular weight is 254 g/mol. The molecule has 3 nitrogen and oxygen atoms in total. The molecule has 1 fully saturated rings. The Morgan fingerprint density at radius 3 is 2.50 bits per heavy atom. The fourth-order valence-electron chi connectivity index (χ4n) is 2.83. The number of carbonyl (C=O) groups is 1. The summed E-state index contributed by atoms with van der Waals surface area (Å²) in [5, 5.41) is 3.19. The second-order valence-electron chi connectivity index (χ2n) is 5.91. The molecule has 0 aromatic rings. The van der Waals surface area contributed by atoms with E-state index in [-0.39, 0.29) is 5.91 Å². The van der Waals surface area contributed by atoms with Gasteiger partial charge in [0.2, 0.25) is 5.91 Å². The second-order valence-corrected chi connectivity index (χ2v) is 5.91. The number of rotatable bonds is 7. The van der Waals surface area contributed by atoms with Crippen molar-refractivity contribution in [2.24, 2.45) is 17.6 Å². The van der Waals surface area contributed by atoms with Crippen LogP contribution in [0.25, 0.3) is 0 Å². The predicted molar refractivity (Wildman–Crippen MR) is 76.2 cm³/mol. The first-order valence-electron chi connectivity index (χ1n) is 7.65. The Labute approximate surface area is 112 Å². The van der Waals surface area contributed by atoms with E-state index in [1.165, 1.54) is 12.8 Å². The quantitative estimate of drug-likeness (QED) is 0.734. The highest BCUT2D eigenvalue weighted by molar-refractivity contribution is 5.76. The lowest BCUT2D eigenvalue weighted by molar-refractivity contribution is -0.122. The molecule has 0 aromatic heterocycles. The van der Waals surface area contributed by atoms with Crippen LogP contribution in [-0.2, 0) is 4.79 Å². The molecular formula is C15H30N2O.